The van der Waals surface area contributed by atoms with E-state index in [1.165, 1.54) is 17.3 Å². The molecule has 0 spiro atoms. The third-order valence-electron chi connectivity index (χ3n) is 2.64. The molecule has 0 radical (unpaired) electrons. The van der Waals surface area contributed by atoms with Crippen LogP contribution >= 0.6 is 23.5 Å². The zero-order valence-electron chi connectivity index (χ0n) is 11.4. The molecule has 1 atom stereocenters. The number of benzene rings is 1. The van der Waals surface area contributed by atoms with Crippen LogP contribution in [0.15, 0.2) is 33.9 Å². The van der Waals surface area contributed by atoms with Crippen molar-refractivity contribution in [1.82, 2.24) is 10.2 Å². The van der Waals surface area contributed by atoms with Gasteiger partial charge in [-0.3, -0.25) is 0 Å². The van der Waals surface area contributed by atoms with Crippen LogP contribution in [0.1, 0.15) is 17.0 Å². The Kier molecular flexibility index (Phi) is 5.50. The Hall–Kier alpha value is -1.45. The fraction of sp³-hybridized carbons (Fsp3) is 0.357. The Morgan fingerprint density at radius 2 is 2.05 bits per heavy atom. The van der Waals surface area contributed by atoms with Gasteiger partial charge in [0.2, 0.25) is 5.89 Å². The van der Waals surface area contributed by atoms with Crippen molar-refractivity contribution in [2.24, 2.45) is 0 Å². The average Bonchev–Trinajstić information content (AvgIpc) is 2.88. The van der Waals surface area contributed by atoms with Gasteiger partial charge in [-0.1, -0.05) is 29.8 Å². The maximum absolute atomic E-state index is 9.25. The lowest BCUT2D eigenvalue weighted by Crippen LogP contribution is -2.03. The molecule has 6 heteroatoms. The zero-order chi connectivity index (χ0) is 14.4. The predicted octanol–water partition coefficient (Wildman–Crippen LogP) is 3.47. The van der Waals surface area contributed by atoms with Crippen molar-refractivity contribution >= 4 is 23.5 Å². The van der Waals surface area contributed by atoms with Gasteiger partial charge in [0.15, 0.2) is 0 Å². The second-order valence-corrected chi connectivity index (χ2v) is 6.34. The van der Waals surface area contributed by atoms with Crippen molar-refractivity contribution in [1.29, 1.82) is 5.26 Å². The van der Waals surface area contributed by atoms with E-state index in [-0.39, 0.29) is 5.25 Å². The van der Waals surface area contributed by atoms with Crippen molar-refractivity contribution in [2.45, 2.75) is 29.6 Å². The van der Waals surface area contributed by atoms with Crippen LogP contribution in [0, 0.1) is 18.3 Å². The number of rotatable bonds is 6. The molecule has 0 aliphatic rings. The summed E-state index contributed by atoms with van der Waals surface area (Å²) in [5.74, 6) is 1.30. The summed E-state index contributed by atoms with van der Waals surface area (Å²) in [5, 5.41) is 17.4. The lowest BCUT2D eigenvalue weighted by molar-refractivity contribution is 0.426. The summed E-state index contributed by atoms with van der Waals surface area (Å²) in [6.45, 7) is 2.05. The minimum atomic E-state index is -0.222. The van der Waals surface area contributed by atoms with Gasteiger partial charge in [-0.25, -0.2) is 0 Å². The van der Waals surface area contributed by atoms with Gasteiger partial charge in [0, 0.05) is 0 Å². The van der Waals surface area contributed by atoms with Gasteiger partial charge in [-0.15, -0.1) is 10.2 Å². The largest absolute Gasteiger partial charge is 0.415 e. The standard InChI is InChI=1S/C14H15N3OS2/c1-10-3-5-11(6-4-10)7-12(8-15)20-14-17-16-13(18-14)9-19-2/h3-6,12H,7,9H2,1-2H3/t12-/m0/s1. The molecule has 4 nitrogen and oxygen atoms in total. The molecule has 0 amide bonds. The summed E-state index contributed by atoms with van der Waals surface area (Å²) < 4.78 is 5.48. The Labute approximate surface area is 127 Å². The molecule has 0 saturated carbocycles. The van der Waals surface area contributed by atoms with Crippen LogP contribution in [0.4, 0.5) is 0 Å². The van der Waals surface area contributed by atoms with Crippen molar-refractivity contribution < 1.29 is 4.42 Å². The molecule has 1 aromatic heterocycles. The molecule has 0 bridgehead atoms. The lowest BCUT2D eigenvalue weighted by atomic mass is 10.1. The summed E-state index contributed by atoms with van der Waals surface area (Å²) in [7, 11) is 0. The van der Waals surface area contributed by atoms with E-state index in [0.717, 1.165) is 5.56 Å². The van der Waals surface area contributed by atoms with Crippen LogP contribution in [0.5, 0.6) is 0 Å². The van der Waals surface area contributed by atoms with Crippen LogP contribution in [-0.4, -0.2) is 21.7 Å². The van der Waals surface area contributed by atoms with E-state index in [9.17, 15) is 5.26 Å². The fourth-order valence-electron chi connectivity index (χ4n) is 1.64. The summed E-state index contributed by atoms with van der Waals surface area (Å²) in [6.07, 6.45) is 2.65. The van der Waals surface area contributed by atoms with Crippen LogP contribution in [0.25, 0.3) is 0 Å². The summed E-state index contributed by atoms with van der Waals surface area (Å²) in [5.41, 5.74) is 2.35. The molecule has 1 aromatic carbocycles. The van der Waals surface area contributed by atoms with E-state index in [1.54, 1.807) is 11.8 Å². The Balaban J connectivity index is 1.98. The summed E-state index contributed by atoms with van der Waals surface area (Å²) in [4.78, 5) is 0. The maximum atomic E-state index is 9.25. The first-order chi connectivity index (χ1) is 9.71. The molecule has 0 aliphatic carbocycles. The van der Waals surface area contributed by atoms with Gasteiger partial charge in [0.25, 0.3) is 5.22 Å². The van der Waals surface area contributed by atoms with Crippen molar-refractivity contribution in [3.05, 3.63) is 41.3 Å². The minimum absolute atomic E-state index is 0.222. The third kappa shape index (κ3) is 4.29. The molecule has 0 N–H and O–H groups in total. The molecular formula is C14H15N3OS2. The molecule has 20 heavy (non-hydrogen) atoms. The normalized spacial score (nSPS) is 12.1. The highest BCUT2D eigenvalue weighted by molar-refractivity contribution is 8.00. The third-order valence-corrected chi connectivity index (χ3v) is 4.10. The zero-order valence-corrected chi connectivity index (χ0v) is 13.0. The molecule has 2 aromatic rings. The molecule has 0 saturated heterocycles. The number of hydrogen-bond donors (Lipinski definition) is 0. The first-order valence-corrected chi connectivity index (χ1v) is 8.41. The van der Waals surface area contributed by atoms with E-state index in [2.05, 4.69) is 28.4 Å². The van der Waals surface area contributed by atoms with E-state index >= 15 is 0 Å². The summed E-state index contributed by atoms with van der Waals surface area (Å²) in [6, 6.07) is 10.5. The molecule has 104 valence electrons. The van der Waals surface area contributed by atoms with Gasteiger partial charge in [0.05, 0.1) is 11.8 Å². The van der Waals surface area contributed by atoms with Crippen LogP contribution < -0.4 is 0 Å². The first-order valence-electron chi connectivity index (χ1n) is 6.14. The highest BCUT2D eigenvalue weighted by atomic mass is 32.2. The van der Waals surface area contributed by atoms with Gasteiger partial charge in [-0.2, -0.15) is 17.0 Å². The molecule has 2 rings (SSSR count). The van der Waals surface area contributed by atoms with E-state index in [0.29, 0.717) is 23.3 Å². The SMILES string of the molecule is CSCc1nnc(S[C@H](C#N)Cc2ccc(C)cc2)o1. The summed E-state index contributed by atoms with van der Waals surface area (Å²) >= 11 is 2.95. The van der Waals surface area contributed by atoms with Gasteiger partial charge in [0.1, 0.15) is 5.25 Å². The lowest BCUT2D eigenvalue weighted by Gasteiger charge is -2.06. The van der Waals surface area contributed by atoms with Gasteiger partial charge >= 0.3 is 0 Å². The Morgan fingerprint density at radius 3 is 2.70 bits per heavy atom. The van der Waals surface area contributed by atoms with Crippen LogP contribution in [0.3, 0.4) is 0 Å². The van der Waals surface area contributed by atoms with Crippen molar-refractivity contribution in [3.8, 4) is 6.07 Å². The molecule has 1 heterocycles. The van der Waals surface area contributed by atoms with Gasteiger partial charge in [-0.05, 0) is 36.9 Å². The van der Waals surface area contributed by atoms with E-state index in [1.807, 2.05) is 25.3 Å². The Bertz CT molecular complexity index is 589. The number of aromatic nitrogens is 2. The van der Waals surface area contributed by atoms with Crippen LogP contribution in [-0.2, 0) is 12.2 Å². The van der Waals surface area contributed by atoms with Crippen LogP contribution in [0.2, 0.25) is 0 Å². The highest BCUT2D eigenvalue weighted by Crippen LogP contribution is 2.25. The molecule has 0 aliphatic heterocycles. The van der Waals surface area contributed by atoms with Crippen molar-refractivity contribution in [3.63, 3.8) is 0 Å². The van der Waals surface area contributed by atoms with E-state index < -0.39 is 0 Å². The Morgan fingerprint density at radius 1 is 1.30 bits per heavy atom. The number of hydrogen-bond acceptors (Lipinski definition) is 6. The first kappa shape index (κ1) is 14.9. The average molecular weight is 305 g/mol. The molecule has 0 unspecified atom stereocenters. The topological polar surface area (TPSA) is 62.7 Å². The molecule has 0 fully saturated rings. The van der Waals surface area contributed by atoms with Gasteiger partial charge < -0.3 is 4.42 Å². The second kappa shape index (κ2) is 7.36. The number of nitrogens with zero attached hydrogens (tertiary/aromatic N) is 3. The van der Waals surface area contributed by atoms with Crippen molar-refractivity contribution in [2.75, 3.05) is 6.26 Å². The number of aryl methyl sites for hydroxylation is 1. The monoisotopic (exact) mass is 305 g/mol. The number of thioether (sulfide) groups is 2. The smallest absolute Gasteiger partial charge is 0.277 e. The number of nitriles is 1. The second-order valence-electron chi connectivity index (χ2n) is 4.32. The highest BCUT2D eigenvalue weighted by Gasteiger charge is 2.15. The quantitative estimate of drug-likeness (QED) is 0.762. The molecular weight excluding hydrogens is 290 g/mol. The fourth-order valence-corrected chi connectivity index (χ4v) is 2.81. The van der Waals surface area contributed by atoms with E-state index in [4.69, 9.17) is 4.42 Å². The minimum Gasteiger partial charge on any atom is -0.415 e. The predicted molar refractivity (Wildman–Crippen MR) is 81.7 cm³/mol. The maximum Gasteiger partial charge on any atom is 0.277 e.